The van der Waals surface area contributed by atoms with Crippen molar-refractivity contribution in [1.82, 2.24) is 4.98 Å². The molecule has 102 valence electrons. The van der Waals surface area contributed by atoms with Gasteiger partial charge < -0.3 is 18.6 Å². The van der Waals surface area contributed by atoms with Crippen molar-refractivity contribution in [1.29, 1.82) is 0 Å². The van der Waals surface area contributed by atoms with Gasteiger partial charge in [0.2, 0.25) is 5.75 Å². The highest BCUT2D eigenvalue weighted by molar-refractivity contribution is 6.17. The predicted molar refractivity (Wildman–Crippen MR) is 71.2 cm³/mol. The van der Waals surface area contributed by atoms with Crippen LogP contribution in [0.25, 0.3) is 11.3 Å². The molecule has 0 aliphatic rings. The van der Waals surface area contributed by atoms with Crippen molar-refractivity contribution in [2.45, 2.75) is 5.88 Å². The van der Waals surface area contributed by atoms with Crippen LogP contribution in [0.2, 0.25) is 0 Å². The summed E-state index contributed by atoms with van der Waals surface area (Å²) in [4.78, 5) is 4.06. The second-order valence-electron chi connectivity index (χ2n) is 3.64. The summed E-state index contributed by atoms with van der Waals surface area (Å²) in [5.41, 5.74) is 1.36. The van der Waals surface area contributed by atoms with Crippen LogP contribution in [0.3, 0.4) is 0 Å². The standard InChI is InChI=1S/C13H14ClNO4/c1-16-10-5-4-8(12(17-2)13(10)18-3)11-9(6-14)15-7-19-11/h4-5,7H,6H2,1-3H3. The van der Waals surface area contributed by atoms with Gasteiger partial charge in [-0.25, -0.2) is 4.98 Å². The van der Waals surface area contributed by atoms with E-state index in [0.717, 1.165) is 0 Å². The molecule has 19 heavy (non-hydrogen) atoms. The van der Waals surface area contributed by atoms with E-state index in [0.29, 0.717) is 34.3 Å². The van der Waals surface area contributed by atoms with E-state index in [9.17, 15) is 0 Å². The topological polar surface area (TPSA) is 53.7 Å². The number of hydrogen-bond acceptors (Lipinski definition) is 5. The summed E-state index contributed by atoms with van der Waals surface area (Å²) < 4.78 is 21.3. The first-order chi connectivity index (χ1) is 9.26. The number of halogens is 1. The summed E-state index contributed by atoms with van der Waals surface area (Å²) in [6.07, 6.45) is 1.35. The fourth-order valence-corrected chi connectivity index (χ4v) is 2.05. The average molecular weight is 284 g/mol. The molecule has 0 amide bonds. The van der Waals surface area contributed by atoms with Gasteiger partial charge in [-0.15, -0.1) is 11.6 Å². The molecular weight excluding hydrogens is 270 g/mol. The first-order valence-electron chi connectivity index (χ1n) is 5.54. The Morgan fingerprint density at radius 1 is 1.11 bits per heavy atom. The number of alkyl halides is 1. The largest absolute Gasteiger partial charge is 0.493 e. The van der Waals surface area contributed by atoms with E-state index in [1.54, 1.807) is 27.4 Å². The zero-order chi connectivity index (χ0) is 13.8. The second-order valence-corrected chi connectivity index (χ2v) is 3.91. The number of ether oxygens (including phenoxy) is 3. The lowest BCUT2D eigenvalue weighted by Gasteiger charge is -2.14. The molecule has 0 bridgehead atoms. The maximum atomic E-state index is 5.83. The van der Waals surface area contributed by atoms with Crippen LogP contribution in [0.1, 0.15) is 5.69 Å². The van der Waals surface area contributed by atoms with Crippen molar-refractivity contribution in [3.63, 3.8) is 0 Å². The van der Waals surface area contributed by atoms with Crippen LogP contribution in [0, 0.1) is 0 Å². The highest BCUT2D eigenvalue weighted by Gasteiger charge is 2.21. The minimum absolute atomic E-state index is 0.253. The molecule has 0 unspecified atom stereocenters. The first kappa shape index (κ1) is 13.5. The second kappa shape index (κ2) is 5.84. The van der Waals surface area contributed by atoms with E-state index in [4.69, 9.17) is 30.2 Å². The van der Waals surface area contributed by atoms with Gasteiger partial charge in [0.25, 0.3) is 0 Å². The van der Waals surface area contributed by atoms with Crippen LogP contribution in [-0.4, -0.2) is 26.3 Å². The number of aromatic nitrogens is 1. The molecule has 0 aliphatic carbocycles. The lowest BCUT2D eigenvalue weighted by atomic mass is 10.1. The summed E-state index contributed by atoms with van der Waals surface area (Å²) in [5.74, 6) is 2.41. The lowest BCUT2D eigenvalue weighted by molar-refractivity contribution is 0.324. The Kier molecular flexibility index (Phi) is 4.16. The van der Waals surface area contributed by atoms with Gasteiger partial charge in [0, 0.05) is 0 Å². The Balaban J connectivity index is 2.64. The highest BCUT2D eigenvalue weighted by atomic mass is 35.5. The number of benzene rings is 1. The molecule has 0 aliphatic heterocycles. The van der Waals surface area contributed by atoms with E-state index in [-0.39, 0.29) is 5.88 Å². The molecule has 1 aromatic heterocycles. The zero-order valence-electron chi connectivity index (χ0n) is 10.9. The van der Waals surface area contributed by atoms with Crippen LogP contribution < -0.4 is 14.2 Å². The Morgan fingerprint density at radius 2 is 1.84 bits per heavy atom. The normalized spacial score (nSPS) is 10.3. The van der Waals surface area contributed by atoms with Gasteiger partial charge in [-0.05, 0) is 12.1 Å². The molecule has 0 atom stereocenters. The monoisotopic (exact) mass is 283 g/mol. The first-order valence-corrected chi connectivity index (χ1v) is 6.07. The molecule has 0 N–H and O–H groups in total. The van der Waals surface area contributed by atoms with Crippen LogP contribution in [0.4, 0.5) is 0 Å². The average Bonchev–Trinajstić information content (AvgIpc) is 2.93. The van der Waals surface area contributed by atoms with Gasteiger partial charge in [-0.3, -0.25) is 0 Å². The smallest absolute Gasteiger partial charge is 0.204 e. The highest BCUT2D eigenvalue weighted by Crippen LogP contribution is 2.44. The van der Waals surface area contributed by atoms with E-state index < -0.39 is 0 Å². The number of nitrogens with zero attached hydrogens (tertiary/aromatic N) is 1. The van der Waals surface area contributed by atoms with Crippen molar-refractivity contribution in [3.8, 4) is 28.6 Å². The summed E-state index contributed by atoms with van der Waals surface area (Å²) in [5, 5.41) is 0. The van der Waals surface area contributed by atoms with Crippen LogP contribution >= 0.6 is 11.6 Å². The fourth-order valence-electron chi connectivity index (χ4n) is 1.86. The minimum Gasteiger partial charge on any atom is -0.493 e. The molecule has 2 aromatic rings. The molecule has 1 heterocycles. The van der Waals surface area contributed by atoms with Crippen molar-refractivity contribution < 1.29 is 18.6 Å². The molecule has 2 rings (SSSR count). The Hall–Kier alpha value is -1.88. The van der Waals surface area contributed by atoms with Gasteiger partial charge in [0.1, 0.15) is 5.69 Å². The lowest BCUT2D eigenvalue weighted by Crippen LogP contribution is -1.97. The van der Waals surface area contributed by atoms with Crippen LogP contribution in [0.5, 0.6) is 17.2 Å². The fraction of sp³-hybridized carbons (Fsp3) is 0.308. The summed E-state index contributed by atoms with van der Waals surface area (Å²) in [7, 11) is 4.67. The summed E-state index contributed by atoms with van der Waals surface area (Å²) >= 11 is 5.83. The van der Waals surface area contributed by atoms with Gasteiger partial charge in [-0.1, -0.05) is 0 Å². The number of hydrogen-bond donors (Lipinski definition) is 0. The Bertz CT molecular complexity index is 568. The summed E-state index contributed by atoms with van der Waals surface area (Å²) in [6, 6.07) is 3.59. The third kappa shape index (κ3) is 2.33. The minimum atomic E-state index is 0.253. The van der Waals surface area contributed by atoms with E-state index >= 15 is 0 Å². The SMILES string of the molecule is COc1ccc(-c2ocnc2CCl)c(OC)c1OC. The molecule has 0 saturated heterocycles. The van der Waals surface area contributed by atoms with Crippen LogP contribution in [0.15, 0.2) is 22.9 Å². The number of methoxy groups -OCH3 is 3. The van der Waals surface area contributed by atoms with Gasteiger partial charge in [0.15, 0.2) is 23.7 Å². The van der Waals surface area contributed by atoms with Crippen molar-refractivity contribution in [2.75, 3.05) is 21.3 Å². The molecular formula is C13H14ClNO4. The van der Waals surface area contributed by atoms with Gasteiger partial charge >= 0.3 is 0 Å². The Morgan fingerprint density at radius 3 is 2.42 bits per heavy atom. The maximum Gasteiger partial charge on any atom is 0.204 e. The zero-order valence-corrected chi connectivity index (χ0v) is 11.7. The molecule has 0 radical (unpaired) electrons. The van der Waals surface area contributed by atoms with E-state index in [2.05, 4.69) is 4.98 Å². The molecule has 6 heteroatoms. The van der Waals surface area contributed by atoms with Gasteiger partial charge in [0.05, 0.1) is 32.8 Å². The number of rotatable bonds is 5. The van der Waals surface area contributed by atoms with Crippen LogP contribution in [-0.2, 0) is 5.88 Å². The van der Waals surface area contributed by atoms with Crippen molar-refractivity contribution in [3.05, 3.63) is 24.2 Å². The molecule has 5 nitrogen and oxygen atoms in total. The Labute approximate surface area is 116 Å². The van der Waals surface area contributed by atoms with Crippen molar-refractivity contribution >= 4 is 11.6 Å². The number of oxazole rings is 1. The van der Waals surface area contributed by atoms with E-state index in [1.165, 1.54) is 6.39 Å². The molecule has 0 spiro atoms. The van der Waals surface area contributed by atoms with Gasteiger partial charge in [-0.2, -0.15) is 0 Å². The van der Waals surface area contributed by atoms with Crippen molar-refractivity contribution in [2.24, 2.45) is 0 Å². The van der Waals surface area contributed by atoms with E-state index in [1.807, 2.05) is 6.07 Å². The third-order valence-electron chi connectivity index (χ3n) is 2.72. The summed E-state index contributed by atoms with van der Waals surface area (Å²) in [6.45, 7) is 0. The quantitative estimate of drug-likeness (QED) is 0.789. The molecule has 0 saturated carbocycles. The molecule has 1 aromatic carbocycles. The predicted octanol–water partition coefficient (Wildman–Crippen LogP) is 3.11. The third-order valence-corrected chi connectivity index (χ3v) is 2.97. The maximum absolute atomic E-state index is 5.83. The molecule has 0 fully saturated rings.